The number of rotatable bonds is 9. The first-order valence-electron chi connectivity index (χ1n) is 11.8. The first-order chi connectivity index (χ1) is 16.1. The number of hydrogen-bond donors (Lipinski definition) is 2. The number of anilines is 1. The lowest BCUT2D eigenvalue weighted by molar-refractivity contribution is 0.0277. The minimum absolute atomic E-state index is 0.100. The fraction of sp³-hybridized carbons (Fsp3) is 0.500. The average Bonchev–Trinajstić information content (AvgIpc) is 2.83. The molecule has 2 bridgehead atoms. The molecule has 2 aromatic carbocycles. The van der Waals surface area contributed by atoms with Crippen molar-refractivity contribution in [1.29, 1.82) is 0 Å². The summed E-state index contributed by atoms with van der Waals surface area (Å²) in [7, 11) is 4.67. The Labute approximate surface area is 196 Å². The molecule has 2 aromatic rings. The number of hydrogen-bond acceptors (Lipinski definition) is 6. The van der Waals surface area contributed by atoms with Gasteiger partial charge in [-0.2, -0.15) is 0 Å². The van der Waals surface area contributed by atoms with Crippen LogP contribution < -0.4 is 24.8 Å². The fourth-order valence-corrected chi connectivity index (χ4v) is 5.33. The number of nitrogens with one attached hydrogen (secondary N) is 2. The standard InChI is InChI=1S/C26H35N3O4/c1-31-23-14-18(15-24(32-2)25(23)33-3)26(30)28-20-16-21-10-7-11-22(17-20)29(21)13-12-27-19-8-5-4-6-9-19/h4-6,8-9,14-15,20-22,27H,7,10-13,16-17H2,1-3H3,(H,28,30). The summed E-state index contributed by atoms with van der Waals surface area (Å²) in [5.74, 6) is 1.36. The average molecular weight is 454 g/mol. The number of carbonyl (C=O) groups is 1. The van der Waals surface area contributed by atoms with Crippen LogP contribution in [0, 0.1) is 0 Å². The van der Waals surface area contributed by atoms with E-state index < -0.39 is 0 Å². The molecule has 33 heavy (non-hydrogen) atoms. The van der Waals surface area contributed by atoms with Crippen molar-refractivity contribution in [2.75, 3.05) is 39.7 Å². The topological polar surface area (TPSA) is 72.1 Å². The number of fused-ring (bicyclic) bond motifs is 2. The highest BCUT2D eigenvalue weighted by Gasteiger charge is 2.38. The van der Waals surface area contributed by atoms with Gasteiger partial charge in [0.15, 0.2) is 11.5 Å². The summed E-state index contributed by atoms with van der Waals surface area (Å²) in [5, 5.41) is 6.80. The fourth-order valence-electron chi connectivity index (χ4n) is 5.33. The Morgan fingerprint density at radius 3 is 2.18 bits per heavy atom. The molecule has 2 atom stereocenters. The Bertz CT molecular complexity index is 897. The van der Waals surface area contributed by atoms with Gasteiger partial charge in [0.05, 0.1) is 21.3 Å². The van der Waals surface area contributed by atoms with E-state index in [-0.39, 0.29) is 11.9 Å². The highest BCUT2D eigenvalue weighted by atomic mass is 16.5. The van der Waals surface area contributed by atoms with E-state index in [9.17, 15) is 4.79 Å². The lowest BCUT2D eigenvalue weighted by atomic mass is 9.81. The third kappa shape index (κ3) is 5.36. The number of carbonyl (C=O) groups excluding carboxylic acids is 1. The third-order valence-electron chi connectivity index (χ3n) is 6.86. The molecule has 7 heteroatoms. The van der Waals surface area contributed by atoms with E-state index in [2.05, 4.69) is 39.8 Å². The largest absolute Gasteiger partial charge is 0.493 e. The third-order valence-corrected chi connectivity index (χ3v) is 6.86. The Balaban J connectivity index is 1.37. The molecule has 1 amide bonds. The molecule has 7 nitrogen and oxygen atoms in total. The Morgan fingerprint density at radius 1 is 0.970 bits per heavy atom. The number of para-hydroxylation sites is 1. The molecule has 178 valence electrons. The zero-order valence-corrected chi connectivity index (χ0v) is 19.8. The van der Waals surface area contributed by atoms with Crippen LogP contribution in [0.5, 0.6) is 17.2 Å². The zero-order valence-electron chi connectivity index (χ0n) is 19.8. The first-order valence-corrected chi connectivity index (χ1v) is 11.8. The molecule has 0 radical (unpaired) electrons. The van der Waals surface area contributed by atoms with Gasteiger partial charge in [-0.15, -0.1) is 0 Å². The van der Waals surface area contributed by atoms with E-state index in [0.717, 1.165) is 31.6 Å². The van der Waals surface area contributed by atoms with Crippen LogP contribution in [0.1, 0.15) is 42.5 Å². The Morgan fingerprint density at radius 2 is 1.61 bits per heavy atom. The lowest BCUT2D eigenvalue weighted by Crippen LogP contribution is -2.57. The number of methoxy groups -OCH3 is 3. The highest BCUT2D eigenvalue weighted by Crippen LogP contribution is 2.38. The molecule has 2 unspecified atom stereocenters. The van der Waals surface area contributed by atoms with E-state index in [0.29, 0.717) is 34.9 Å². The summed E-state index contributed by atoms with van der Waals surface area (Å²) in [6.07, 6.45) is 5.62. The quantitative estimate of drug-likeness (QED) is 0.599. The van der Waals surface area contributed by atoms with Gasteiger partial charge in [-0.25, -0.2) is 0 Å². The van der Waals surface area contributed by atoms with Crippen LogP contribution in [0.2, 0.25) is 0 Å². The van der Waals surface area contributed by atoms with E-state index in [4.69, 9.17) is 14.2 Å². The van der Waals surface area contributed by atoms with E-state index in [1.807, 2.05) is 6.07 Å². The SMILES string of the molecule is COc1cc(C(=O)NC2CC3CCCC(C2)N3CCNc2ccccc2)cc(OC)c1OC. The Hall–Kier alpha value is -2.93. The Kier molecular flexibility index (Phi) is 7.60. The van der Waals surface area contributed by atoms with Crippen molar-refractivity contribution in [2.45, 2.75) is 50.2 Å². The maximum absolute atomic E-state index is 13.1. The molecule has 2 aliphatic heterocycles. The molecule has 0 saturated carbocycles. The molecular formula is C26H35N3O4. The molecule has 2 fully saturated rings. The molecule has 4 rings (SSSR count). The molecule has 2 N–H and O–H groups in total. The summed E-state index contributed by atoms with van der Waals surface area (Å²) < 4.78 is 16.2. The molecule has 2 heterocycles. The summed E-state index contributed by atoms with van der Waals surface area (Å²) in [6, 6.07) is 15.0. The van der Waals surface area contributed by atoms with Crippen LogP contribution in [0.4, 0.5) is 5.69 Å². The van der Waals surface area contributed by atoms with Gasteiger partial charge in [0, 0.05) is 42.5 Å². The molecule has 2 saturated heterocycles. The predicted octanol–water partition coefficient (Wildman–Crippen LogP) is 3.94. The van der Waals surface area contributed by atoms with Crippen molar-refractivity contribution in [3.8, 4) is 17.2 Å². The van der Waals surface area contributed by atoms with Gasteiger partial charge in [0.2, 0.25) is 5.75 Å². The molecular weight excluding hydrogens is 418 g/mol. The van der Waals surface area contributed by atoms with Crippen LogP contribution >= 0.6 is 0 Å². The van der Waals surface area contributed by atoms with Gasteiger partial charge in [-0.1, -0.05) is 24.6 Å². The van der Waals surface area contributed by atoms with Crippen molar-refractivity contribution in [3.63, 3.8) is 0 Å². The van der Waals surface area contributed by atoms with Crippen molar-refractivity contribution in [2.24, 2.45) is 0 Å². The minimum Gasteiger partial charge on any atom is -0.493 e. The molecule has 0 spiro atoms. The van der Waals surface area contributed by atoms with Crippen LogP contribution in [-0.4, -0.2) is 63.4 Å². The second-order valence-electron chi connectivity index (χ2n) is 8.82. The minimum atomic E-state index is -0.100. The monoisotopic (exact) mass is 453 g/mol. The first kappa shape index (κ1) is 23.2. The number of nitrogens with zero attached hydrogens (tertiary/aromatic N) is 1. The van der Waals surface area contributed by atoms with Crippen LogP contribution in [0.15, 0.2) is 42.5 Å². The molecule has 0 aliphatic carbocycles. The predicted molar refractivity (Wildman–Crippen MR) is 130 cm³/mol. The summed E-state index contributed by atoms with van der Waals surface area (Å²) in [6.45, 7) is 1.96. The van der Waals surface area contributed by atoms with Crippen LogP contribution in [-0.2, 0) is 0 Å². The number of amides is 1. The van der Waals surface area contributed by atoms with Crippen molar-refractivity contribution >= 4 is 11.6 Å². The maximum atomic E-state index is 13.1. The number of benzene rings is 2. The number of ether oxygens (including phenoxy) is 3. The second kappa shape index (κ2) is 10.8. The van der Waals surface area contributed by atoms with Crippen LogP contribution in [0.3, 0.4) is 0 Å². The van der Waals surface area contributed by atoms with Gasteiger partial charge in [-0.3, -0.25) is 9.69 Å². The van der Waals surface area contributed by atoms with E-state index >= 15 is 0 Å². The smallest absolute Gasteiger partial charge is 0.251 e. The normalized spacial score (nSPS) is 22.3. The van der Waals surface area contributed by atoms with Gasteiger partial charge in [-0.05, 0) is 49.9 Å². The van der Waals surface area contributed by atoms with Gasteiger partial charge in [0.25, 0.3) is 5.91 Å². The van der Waals surface area contributed by atoms with E-state index in [1.165, 1.54) is 19.3 Å². The van der Waals surface area contributed by atoms with Crippen molar-refractivity contribution < 1.29 is 19.0 Å². The molecule has 2 aliphatic rings. The highest BCUT2D eigenvalue weighted by molar-refractivity contribution is 5.95. The van der Waals surface area contributed by atoms with Gasteiger partial charge in [0.1, 0.15) is 0 Å². The maximum Gasteiger partial charge on any atom is 0.251 e. The zero-order chi connectivity index (χ0) is 23.2. The van der Waals surface area contributed by atoms with Crippen molar-refractivity contribution in [1.82, 2.24) is 10.2 Å². The summed E-state index contributed by atoms with van der Waals surface area (Å²) in [4.78, 5) is 15.7. The van der Waals surface area contributed by atoms with Crippen molar-refractivity contribution in [3.05, 3.63) is 48.0 Å². The molecule has 0 aromatic heterocycles. The summed E-state index contributed by atoms with van der Waals surface area (Å²) >= 11 is 0. The van der Waals surface area contributed by atoms with E-state index in [1.54, 1.807) is 33.5 Å². The van der Waals surface area contributed by atoms with Gasteiger partial charge >= 0.3 is 0 Å². The summed E-state index contributed by atoms with van der Waals surface area (Å²) in [5.41, 5.74) is 1.68. The second-order valence-corrected chi connectivity index (χ2v) is 8.82. The lowest BCUT2D eigenvalue weighted by Gasteiger charge is -2.49. The van der Waals surface area contributed by atoms with Crippen LogP contribution in [0.25, 0.3) is 0 Å². The van der Waals surface area contributed by atoms with Gasteiger partial charge < -0.3 is 24.8 Å². The number of piperidine rings is 2.